The maximum atomic E-state index is 13.1. The highest BCUT2D eigenvalue weighted by atomic mass is 31.2. The third-order valence-corrected chi connectivity index (χ3v) is 20.0. The summed E-state index contributed by atoms with van der Waals surface area (Å²) in [4.78, 5) is 72.5. The predicted octanol–water partition coefficient (Wildman–Crippen LogP) is 22.3. The Morgan fingerprint density at radius 3 is 0.800 bits per heavy atom. The van der Waals surface area contributed by atoms with Crippen LogP contribution in [0.1, 0.15) is 395 Å². The Balaban J connectivity index is 5.14. The lowest BCUT2D eigenvalue weighted by molar-refractivity contribution is -0.161. The van der Waals surface area contributed by atoms with Gasteiger partial charge in [0.15, 0.2) is 12.2 Å². The third-order valence-electron chi connectivity index (χ3n) is 18.1. The highest BCUT2D eigenvalue weighted by Crippen LogP contribution is 2.45. The molecule has 3 N–H and O–H groups in total. The van der Waals surface area contributed by atoms with Gasteiger partial charge in [0.1, 0.15) is 19.3 Å². The summed E-state index contributed by atoms with van der Waals surface area (Å²) >= 11 is 0. The van der Waals surface area contributed by atoms with Crippen molar-refractivity contribution >= 4 is 39.5 Å². The van der Waals surface area contributed by atoms with E-state index in [0.717, 1.165) is 108 Å². The fourth-order valence-corrected chi connectivity index (χ4v) is 13.2. The molecule has 0 aliphatic carbocycles. The SMILES string of the molecule is CCCCCCCCCCCCCCCCC(=O)O[C@H](COC(=O)CCCCCCC)COP(=O)(O)OC[C@H](O)COP(=O)(O)OC[C@@H](COC(=O)CCCCCCCCCCCCCCCCC(C)CC)OC(=O)CCCCCCCCCCCCCCCCCC(C)C. The van der Waals surface area contributed by atoms with E-state index in [1.54, 1.807) is 0 Å². The van der Waals surface area contributed by atoms with Crippen molar-refractivity contribution in [3.05, 3.63) is 0 Å². The monoisotopic (exact) mass is 1400 g/mol. The van der Waals surface area contributed by atoms with Gasteiger partial charge in [-0.3, -0.25) is 37.3 Å². The molecular formula is C76H148O17P2. The van der Waals surface area contributed by atoms with Crippen LogP contribution in [0.4, 0.5) is 0 Å². The average Bonchev–Trinajstić information content (AvgIpc) is 2.24. The fraction of sp³-hybridized carbons (Fsp3) is 0.947. The molecule has 3 unspecified atom stereocenters. The topological polar surface area (TPSA) is 237 Å². The summed E-state index contributed by atoms with van der Waals surface area (Å²) in [6.45, 7) is 9.60. The predicted molar refractivity (Wildman–Crippen MR) is 386 cm³/mol. The Bertz CT molecular complexity index is 1840. The number of phosphoric acid groups is 2. The van der Waals surface area contributed by atoms with Crippen LogP contribution in [0.15, 0.2) is 0 Å². The van der Waals surface area contributed by atoms with Gasteiger partial charge in [-0.05, 0) is 37.5 Å². The Hall–Kier alpha value is -1.94. The highest BCUT2D eigenvalue weighted by Gasteiger charge is 2.30. The Labute approximate surface area is 581 Å². The van der Waals surface area contributed by atoms with Crippen LogP contribution in [0.25, 0.3) is 0 Å². The molecule has 0 aromatic heterocycles. The summed E-state index contributed by atoms with van der Waals surface area (Å²) in [6.07, 6.45) is 55.8. The van der Waals surface area contributed by atoms with E-state index >= 15 is 0 Å². The number of phosphoric ester groups is 2. The Morgan fingerprint density at radius 1 is 0.305 bits per heavy atom. The van der Waals surface area contributed by atoms with E-state index in [9.17, 15) is 43.2 Å². The minimum atomic E-state index is -4.96. The zero-order chi connectivity index (χ0) is 70.0. The zero-order valence-corrected chi connectivity index (χ0v) is 63.8. The van der Waals surface area contributed by atoms with E-state index in [-0.39, 0.29) is 25.7 Å². The molecule has 0 aromatic carbocycles. The lowest BCUT2D eigenvalue weighted by Gasteiger charge is -2.21. The number of ether oxygens (including phenoxy) is 4. The fourth-order valence-electron chi connectivity index (χ4n) is 11.6. The first-order valence-electron chi connectivity index (χ1n) is 39.5. The van der Waals surface area contributed by atoms with Crippen molar-refractivity contribution < 1.29 is 80.2 Å². The molecule has 0 fully saturated rings. The summed E-state index contributed by atoms with van der Waals surface area (Å²) in [7, 11) is -9.90. The smallest absolute Gasteiger partial charge is 0.462 e. The van der Waals surface area contributed by atoms with Gasteiger partial charge in [-0.2, -0.15) is 0 Å². The van der Waals surface area contributed by atoms with Crippen molar-refractivity contribution in [2.75, 3.05) is 39.6 Å². The molecule has 0 aliphatic heterocycles. The van der Waals surface area contributed by atoms with Gasteiger partial charge >= 0.3 is 39.5 Å². The molecular weight excluding hydrogens is 1250 g/mol. The summed E-state index contributed by atoms with van der Waals surface area (Å²) in [5, 5.41) is 10.6. The zero-order valence-electron chi connectivity index (χ0n) is 62.0. The number of carbonyl (C=O) groups is 4. The standard InChI is InChI=1S/C76H148O17P2/c1-7-10-12-14-15-16-17-18-26-32-37-42-48-54-60-75(80)92-71(64-86-73(78)58-52-44-13-11-8-2)66-90-94(82,83)88-62-70(77)63-89-95(84,85)91-67-72(93-76(81)61-55-49-43-38-33-28-21-19-20-24-29-34-39-45-50-56-68(4)5)65-87-74(79)59-53-47-41-36-31-27-23-22-25-30-35-40-46-51-57-69(6)9-3/h68-72,77H,7-67H2,1-6H3,(H,82,83)(H,84,85)/t69?,70-,71+,72+/m0/s1. The lowest BCUT2D eigenvalue weighted by Crippen LogP contribution is -2.30. The number of hydrogen-bond acceptors (Lipinski definition) is 15. The first-order valence-corrected chi connectivity index (χ1v) is 42.5. The Kier molecular flexibility index (Phi) is 66.5. The van der Waals surface area contributed by atoms with Gasteiger partial charge in [0.25, 0.3) is 0 Å². The second-order valence-corrected chi connectivity index (χ2v) is 31.0. The molecule has 17 nitrogen and oxygen atoms in total. The van der Waals surface area contributed by atoms with Crippen LogP contribution < -0.4 is 0 Å². The van der Waals surface area contributed by atoms with E-state index in [1.807, 2.05) is 0 Å². The van der Waals surface area contributed by atoms with Gasteiger partial charge in [-0.25, -0.2) is 9.13 Å². The Morgan fingerprint density at radius 2 is 0.537 bits per heavy atom. The van der Waals surface area contributed by atoms with Gasteiger partial charge in [0.2, 0.25) is 0 Å². The summed E-state index contributed by atoms with van der Waals surface area (Å²) < 4.78 is 68.3. The molecule has 95 heavy (non-hydrogen) atoms. The van der Waals surface area contributed by atoms with Crippen LogP contribution in [-0.4, -0.2) is 96.7 Å². The van der Waals surface area contributed by atoms with Crippen LogP contribution in [0.5, 0.6) is 0 Å². The van der Waals surface area contributed by atoms with Crippen molar-refractivity contribution in [3.63, 3.8) is 0 Å². The van der Waals surface area contributed by atoms with Gasteiger partial charge in [0, 0.05) is 25.7 Å². The third kappa shape index (κ3) is 69.0. The van der Waals surface area contributed by atoms with Gasteiger partial charge in [-0.15, -0.1) is 0 Å². The molecule has 0 radical (unpaired) electrons. The van der Waals surface area contributed by atoms with Crippen molar-refractivity contribution in [2.45, 2.75) is 413 Å². The van der Waals surface area contributed by atoms with Crippen LogP contribution in [-0.2, 0) is 65.4 Å². The van der Waals surface area contributed by atoms with Crippen LogP contribution >= 0.6 is 15.6 Å². The van der Waals surface area contributed by atoms with Gasteiger partial charge < -0.3 is 33.8 Å². The number of esters is 4. The quantitative estimate of drug-likeness (QED) is 0.0222. The van der Waals surface area contributed by atoms with Crippen molar-refractivity contribution in [3.8, 4) is 0 Å². The molecule has 0 amide bonds. The second-order valence-electron chi connectivity index (χ2n) is 28.1. The molecule has 0 aliphatic rings. The van der Waals surface area contributed by atoms with Gasteiger partial charge in [-0.1, -0.05) is 343 Å². The van der Waals surface area contributed by atoms with Crippen LogP contribution in [0, 0.1) is 11.8 Å². The number of hydrogen-bond donors (Lipinski definition) is 3. The number of carbonyl (C=O) groups excluding carboxylic acids is 4. The van der Waals surface area contributed by atoms with Crippen molar-refractivity contribution in [1.82, 2.24) is 0 Å². The lowest BCUT2D eigenvalue weighted by atomic mass is 9.99. The first-order chi connectivity index (χ1) is 45.9. The average molecular weight is 1400 g/mol. The molecule has 19 heteroatoms. The molecule has 0 spiro atoms. The summed E-state index contributed by atoms with van der Waals surface area (Å²) in [5.41, 5.74) is 0. The number of aliphatic hydroxyl groups is 1. The van der Waals surface area contributed by atoms with Crippen LogP contribution in [0.3, 0.4) is 0 Å². The number of rotatable bonds is 75. The summed E-state index contributed by atoms with van der Waals surface area (Å²) in [5.74, 6) is -0.473. The van der Waals surface area contributed by atoms with E-state index in [2.05, 4.69) is 41.5 Å². The van der Waals surface area contributed by atoms with E-state index < -0.39 is 97.5 Å². The van der Waals surface area contributed by atoms with Crippen molar-refractivity contribution in [1.29, 1.82) is 0 Å². The number of aliphatic hydroxyl groups excluding tert-OH is 1. The van der Waals surface area contributed by atoms with Crippen LogP contribution in [0.2, 0.25) is 0 Å². The van der Waals surface area contributed by atoms with E-state index in [1.165, 1.54) is 205 Å². The highest BCUT2D eigenvalue weighted by molar-refractivity contribution is 7.47. The molecule has 0 saturated heterocycles. The molecule has 0 saturated carbocycles. The van der Waals surface area contributed by atoms with E-state index in [0.29, 0.717) is 25.7 Å². The van der Waals surface area contributed by atoms with E-state index in [4.69, 9.17) is 37.0 Å². The maximum Gasteiger partial charge on any atom is 0.472 e. The molecule has 0 bridgehead atoms. The molecule has 6 atom stereocenters. The normalized spacial score (nSPS) is 14.3. The maximum absolute atomic E-state index is 13.1. The molecule has 0 rings (SSSR count). The largest absolute Gasteiger partial charge is 0.472 e. The molecule has 0 heterocycles. The summed E-state index contributed by atoms with van der Waals surface area (Å²) in [6, 6.07) is 0. The van der Waals surface area contributed by atoms with Gasteiger partial charge in [0.05, 0.1) is 26.4 Å². The first kappa shape index (κ1) is 93.1. The minimum absolute atomic E-state index is 0.107. The van der Waals surface area contributed by atoms with Crippen molar-refractivity contribution in [2.24, 2.45) is 11.8 Å². The minimum Gasteiger partial charge on any atom is -0.462 e. The molecule has 0 aromatic rings. The second kappa shape index (κ2) is 67.9. The number of unbranched alkanes of at least 4 members (excludes halogenated alkanes) is 44. The molecule has 564 valence electrons.